The Morgan fingerprint density at radius 1 is 1.25 bits per heavy atom. The zero-order valence-corrected chi connectivity index (χ0v) is 14.5. The van der Waals surface area contributed by atoms with Crippen molar-refractivity contribution < 1.29 is 14.4 Å². The number of nitrogens with zero attached hydrogens (tertiary/aromatic N) is 2. The zero-order valence-electron chi connectivity index (χ0n) is 14.5. The third-order valence-electron chi connectivity index (χ3n) is 4.28. The number of nitrogens with one attached hydrogen (secondary N) is 1. The first kappa shape index (κ1) is 18.0. The van der Waals surface area contributed by atoms with Gasteiger partial charge in [-0.25, -0.2) is 4.79 Å². The van der Waals surface area contributed by atoms with Gasteiger partial charge < -0.3 is 10.2 Å². The SMILES string of the molecule is CCc1ccc(C(C)NC(=O)CCCN2C(=O)CN(C)C2=O)cc1. The summed E-state index contributed by atoms with van der Waals surface area (Å²) in [7, 11) is 1.60. The fraction of sp³-hybridized carbons (Fsp3) is 0.500. The second-order valence-corrected chi connectivity index (χ2v) is 6.17. The maximum atomic E-state index is 12.0. The van der Waals surface area contributed by atoms with Gasteiger partial charge in [0.1, 0.15) is 6.54 Å². The van der Waals surface area contributed by atoms with Crippen molar-refractivity contribution in [3.05, 3.63) is 35.4 Å². The first-order valence-corrected chi connectivity index (χ1v) is 8.36. The van der Waals surface area contributed by atoms with Crippen LogP contribution in [-0.2, 0) is 16.0 Å². The molecule has 6 nitrogen and oxygen atoms in total. The quantitative estimate of drug-likeness (QED) is 0.778. The Morgan fingerprint density at radius 3 is 2.46 bits per heavy atom. The Morgan fingerprint density at radius 2 is 1.92 bits per heavy atom. The van der Waals surface area contributed by atoms with Crippen LogP contribution in [0.4, 0.5) is 4.79 Å². The van der Waals surface area contributed by atoms with Crippen molar-refractivity contribution in [3.8, 4) is 0 Å². The second kappa shape index (κ2) is 7.95. The van der Waals surface area contributed by atoms with E-state index in [1.807, 2.05) is 19.1 Å². The fourth-order valence-corrected chi connectivity index (χ4v) is 2.73. The first-order chi connectivity index (χ1) is 11.4. The summed E-state index contributed by atoms with van der Waals surface area (Å²) in [5, 5.41) is 2.95. The first-order valence-electron chi connectivity index (χ1n) is 8.36. The summed E-state index contributed by atoms with van der Waals surface area (Å²) in [5.41, 5.74) is 2.33. The van der Waals surface area contributed by atoms with E-state index in [0.29, 0.717) is 6.42 Å². The van der Waals surface area contributed by atoms with E-state index in [0.717, 1.165) is 12.0 Å². The highest BCUT2D eigenvalue weighted by molar-refractivity contribution is 6.01. The number of likely N-dealkylation sites (N-methyl/N-ethyl adjacent to an activating group) is 1. The summed E-state index contributed by atoms with van der Waals surface area (Å²) < 4.78 is 0. The summed E-state index contributed by atoms with van der Waals surface area (Å²) in [5.74, 6) is -0.276. The molecule has 1 aliphatic rings. The van der Waals surface area contributed by atoms with Gasteiger partial charge in [-0.15, -0.1) is 0 Å². The van der Waals surface area contributed by atoms with Crippen LogP contribution >= 0.6 is 0 Å². The summed E-state index contributed by atoms with van der Waals surface area (Å²) >= 11 is 0. The van der Waals surface area contributed by atoms with Gasteiger partial charge in [-0.05, 0) is 30.9 Å². The molecule has 0 bridgehead atoms. The van der Waals surface area contributed by atoms with Gasteiger partial charge in [-0.1, -0.05) is 31.2 Å². The van der Waals surface area contributed by atoms with Crippen molar-refractivity contribution >= 4 is 17.8 Å². The number of urea groups is 1. The van der Waals surface area contributed by atoms with Gasteiger partial charge in [-0.2, -0.15) is 0 Å². The van der Waals surface area contributed by atoms with Crippen LogP contribution in [0.15, 0.2) is 24.3 Å². The van der Waals surface area contributed by atoms with Gasteiger partial charge in [0, 0.05) is 20.0 Å². The van der Waals surface area contributed by atoms with Crippen molar-refractivity contribution in [1.29, 1.82) is 0 Å². The highest BCUT2D eigenvalue weighted by Gasteiger charge is 2.32. The molecule has 0 radical (unpaired) electrons. The minimum Gasteiger partial charge on any atom is -0.350 e. The second-order valence-electron chi connectivity index (χ2n) is 6.17. The molecule has 24 heavy (non-hydrogen) atoms. The normalized spacial score (nSPS) is 15.8. The molecule has 0 saturated carbocycles. The Labute approximate surface area is 142 Å². The molecule has 1 heterocycles. The molecular weight excluding hydrogens is 306 g/mol. The smallest absolute Gasteiger partial charge is 0.326 e. The Kier molecular flexibility index (Phi) is 5.95. The minimum atomic E-state index is -0.287. The number of hydrogen-bond acceptors (Lipinski definition) is 3. The van der Waals surface area contributed by atoms with Crippen LogP contribution in [0.3, 0.4) is 0 Å². The molecule has 1 aromatic carbocycles. The molecule has 1 atom stereocenters. The molecule has 6 heteroatoms. The van der Waals surface area contributed by atoms with Gasteiger partial charge in [0.15, 0.2) is 0 Å². The van der Waals surface area contributed by atoms with Crippen LogP contribution in [0.25, 0.3) is 0 Å². The number of hydrogen-bond donors (Lipinski definition) is 1. The standard InChI is InChI=1S/C18H25N3O3/c1-4-14-7-9-15(10-8-14)13(2)19-16(22)6-5-11-21-17(23)12-20(3)18(21)24/h7-10,13H,4-6,11-12H2,1-3H3,(H,19,22). The van der Waals surface area contributed by atoms with E-state index in [1.54, 1.807) is 7.05 Å². The maximum absolute atomic E-state index is 12.0. The molecule has 4 amide bonds. The number of amides is 4. The predicted molar refractivity (Wildman–Crippen MR) is 91.4 cm³/mol. The zero-order chi connectivity index (χ0) is 17.7. The Hall–Kier alpha value is -2.37. The number of aryl methyl sites for hydroxylation is 1. The number of rotatable bonds is 7. The lowest BCUT2D eigenvalue weighted by Crippen LogP contribution is -2.33. The number of imide groups is 1. The molecule has 0 spiro atoms. The van der Waals surface area contributed by atoms with Crippen LogP contribution in [0.2, 0.25) is 0 Å². The lowest BCUT2D eigenvalue weighted by atomic mass is 10.0. The Balaban J connectivity index is 1.76. The van der Waals surface area contributed by atoms with Crippen molar-refractivity contribution in [2.45, 2.75) is 39.2 Å². The molecule has 1 unspecified atom stereocenters. The molecule has 1 aromatic rings. The molecule has 2 rings (SSSR count). The van der Waals surface area contributed by atoms with E-state index in [2.05, 4.69) is 24.4 Å². The maximum Gasteiger partial charge on any atom is 0.326 e. The summed E-state index contributed by atoms with van der Waals surface area (Å²) in [4.78, 5) is 38.0. The van der Waals surface area contributed by atoms with Crippen LogP contribution in [0.1, 0.15) is 43.9 Å². The van der Waals surface area contributed by atoms with Gasteiger partial charge in [0.2, 0.25) is 11.8 Å². The van der Waals surface area contributed by atoms with Crippen LogP contribution in [0, 0.1) is 0 Å². The predicted octanol–water partition coefficient (Wildman–Crippen LogP) is 2.10. The van der Waals surface area contributed by atoms with Gasteiger partial charge >= 0.3 is 6.03 Å². The lowest BCUT2D eigenvalue weighted by Gasteiger charge is -2.16. The monoisotopic (exact) mass is 331 g/mol. The molecule has 1 aliphatic heterocycles. The van der Waals surface area contributed by atoms with Crippen molar-refractivity contribution in [2.24, 2.45) is 0 Å². The average molecular weight is 331 g/mol. The molecular formula is C18H25N3O3. The van der Waals surface area contributed by atoms with E-state index < -0.39 is 0 Å². The molecule has 1 N–H and O–H groups in total. The summed E-state index contributed by atoms with van der Waals surface area (Å²) in [6, 6.07) is 7.84. The lowest BCUT2D eigenvalue weighted by molar-refractivity contribution is -0.126. The summed E-state index contributed by atoms with van der Waals surface area (Å²) in [6.07, 6.45) is 1.75. The summed E-state index contributed by atoms with van der Waals surface area (Å²) in [6.45, 7) is 4.46. The van der Waals surface area contributed by atoms with E-state index in [4.69, 9.17) is 0 Å². The van der Waals surface area contributed by atoms with Crippen molar-refractivity contribution in [3.63, 3.8) is 0 Å². The van der Waals surface area contributed by atoms with E-state index in [9.17, 15) is 14.4 Å². The molecule has 1 saturated heterocycles. The molecule has 1 fully saturated rings. The van der Waals surface area contributed by atoms with Gasteiger partial charge in [0.25, 0.3) is 0 Å². The number of carbonyl (C=O) groups excluding carboxylic acids is 3. The molecule has 0 aromatic heterocycles. The fourth-order valence-electron chi connectivity index (χ4n) is 2.73. The van der Waals surface area contributed by atoms with Gasteiger partial charge in [0.05, 0.1) is 6.04 Å². The van der Waals surface area contributed by atoms with E-state index in [-0.39, 0.29) is 43.4 Å². The Bertz CT molecular complexity index is 612. The van der Waals surface area contributed by atoms with Crippen LogP contribution < -0.4 is 5.32 Å². The largest absolute Gasteiger partial charge is 0.350 e. The van der Waals surface area contributed by atoms with Crippen LogP contribution in [-0.4, -0.2) is 47.8 Å². The van der Waals surface area contributed by atoms with Gasteiger partial charge in [-0.3, -0.25) is 14.5 Å². The van der Waals surface area contributed by atoms with Crippen molar-refractivity contribution in [1.82, 2.24) is 15.1 Å². The molecule has 0 aliphatic carbocycles. The number of carbonyl (C=O) groups is 3. The average Bonchev–Trinajstić information content (AvgIpc) is 2.81. The highest BCUT2D eigenvalue weighted by atomic mass is 16.2. The van der Waals surface area contributed by atoms with E-state index >= 15 is 0 Å². The molecule has 130 valence electrons. The van der Waals surface area contributed by atoms with Crippen molar-refractivity contribution in [2.75, 3.05) is 20.1 Å². The van der Waals surface area contributed by atoms with Crippen LogP contribution in [0.5, 0.6) is 0 Å². The topological polar surface area (TPSA) is 69.7 Å². The van der Waals surface area contributed by atoms with E-state index in [1.165, 1.54) is 15.4 Å². The minimum absolute atomic E-state index is 0.0652. The number of benzene rings is 1. The third-order valence-corrected chi connectivity index (χ3v) is 4.28. The highest BCUT2D eigenvalue weighted by Crippen LogP contribution is 2.14. The third kappa shape index (κ3) is 4.34.